The van der Waals surface area contributed by atoms with Crippen LogP contribution in [0.1, 0.15) is 50.1 Å². The predicted molar refractivity (Wildman–Crippen MR) is 99.0 cm³/mol. The third kappa shape index (κ3) is 2.92. The van der Waals surface area contributed by atoms with Gasteiger partial charge in [-0.2, -0.15) is 5.10 Å². The highest BCUT2D eigenvalue weighted by atomic mass is 16.6. The molecule has 134 valence electrons. The van der Waals surface area contributed by atoms with Gasteiger partial charge in [0.05, 0.1) is 11.0 Å². The molecule has 0 bridgehead atoms. The molecule has 0 amide bonds. The van der Waals surface area contributed by atoms with Crippen molar-refractivity contribution in [2.75, 3.05) is 0 Å². The van der Waals surface area contributed by atoms with Crippen molar-refractivity contribution >= 4 is 11.4 Å². The number of rotatable bonds is 4. The van der Waals surface area contributed by atoms with Crippen molar-refractivity contribution < 1.29 is 9.66 Å². The summed E-state index contributed by atoms with van der Waals surface area (Å²) in [5, 5.41) is 17.8. The second-order valence-electron chi connectivity index (χ2n) is 7.22. The number of hydrazone groups is 1. The number of nitrogens with zero attached hydrogens (tertiary/aromatic N) is 3. The van der Waals surface area contributed by atoms with Crippen molar-refractivity contribution in [3.8, 4) is 5.75 Å². The zero-order chi connectivity index (χ0) is 18.3. The van der Waals surface area contributed by atoms with Crippen LogP contribution >= 0.6 is 0 Å². The number of para-hydroxylation sites is 1. The SMILES string of the molecule is CC(C)CC1=NN2[C@H](C1)c1ccccc1O[C@@H]2c1ccc([N+](=O)[O-])cc1. The average molecular weight is 351 g/mol. The van der Waals surface area contributed by atoms with Crippen molar-refractivity contribution in [2.45, 2.75) is 39.0 Å². The van der Waals surface area contributed by atoms with Crippen molar-refractivity contribution in [2.24, 2.45) is 11.0 Å². The molecule has 2 aliphatic rings. The number of fused-ring (bicyclic) bond motifs is 3. The Morgan fingerprint density at radius 3 is 2.65 bits per heavy atom. The highest BCUT2D eigenvalue weighted by molar-refractivity contribution is 5.86. The number of nitro benzene ring substituents is 1. The molecule has 0 spiro atoms. The van der Waals surface area contributed by atoms with Gasteiger partial charge >= 0.3 is 0 Å². The first kappa shape index (κ1) is 16.6. The summed E-state index contributed by atoms with van der Waals surface area (Å²) in [5.74, 6) is 1.40. The summed E-state index contributed by atoms with van der Waals surface area (Å²) >= 11 is 0. The van der Waals surface area contributed by atoms with E-state index < -0.39 is 4.92 Å². The van der Waals surface area contributed by atoms with E-state index in [9.17, 15) is 10.1 Å². The quantitative estimate of drug-likeness (QED) is 0.584. The van der Waals surface area contributed by atoms with Crippen LogP contribution in [0.4, 0.5) is 5.69 Å². The van der Waals surface area contributed by atoms with Gasteiger partial charge in [-0.05, 0) is 30.5 Å². The Hall–Kier alpha value is -2.89. The molecule has 0 aromatic heterocycles. The summed E-state index contributed by atoms with van der Waals surface area (Å²) in [6.07, 6.45) is 1.48. The van der Waals surface area contributed by atoms with Crippen LogP contribution in [0, 0.1) is 16.0 Å². The van der Waals surface area contributed by atoms with E-state index in [0.29, 0.717) is 5.92 Å². The normalized spacial score (nSPS) is 21.0. The molecular weight excluding hydrogens is 330 g/mol. The largest absolute Gasteiger partial charge is 0.464 e. The first-order valence-electron chi connectivity index (χ1n) is 8.87. The van der Waals surface area contributed by atoms with Gasteiger partial charge < -0.3 is 4.74 Å². The lowest BCUT2D eigenvalue weighted by atomic mass is 9.95. The lowest BCUT2D eigenvalue weighted by Gasteiger charge is -2.38. The van der Waals surface area contributed by atoms with Crippen LogP contribution < -0.4 is 4.74 Å². The summed E-state index contributed by atoms with van der Waals surface area (Å²) < 4.78 is 6.23. The van der Waals surface area contributed by atoms with Gasteiger partial charge in [-0.25, -0.2) is 5.01 Å². The Bertz CT molecular complexity index is 861. The van der Waals surface area contributed by atoms with Crippen molar-refractivity contribution in [1.29, 1.82) is 0 Å². The summed E-state index contributed by atoms with van der Waals surface area (Å²) in [6, 6.07) is 14.7. The first-order valence-corrected chi connectivity index (χ1v) is 8.87. The van der Waals surface area contributed by atoms with Gasteiger partial charge in [-0.15, -0.1) is 0 Å². The first-order chi connectivity index (χ1) is 12.5. The maximum absolute atomic E-state index is 10.9. The molecular formula is C20H21N3O3. The van der Waals surface area contributed by atoms with Crippen LogP contribution in [-0.4, -0.2) is 15.6 Å². The molecule has 2 heterocycles. The molecule has 26 heavy (non-hydrogen) atoms. The van der Waals surface area contributed by atoms with Crippen LogP contribution in [0.3, 0.4) is 0 Å². The van der Waals surface area contributed by atoms with E-state index in [1.807, 2.05) is 23.2 Å². The molecule has 2 aromatic rings. The zero-order valence-corrected chi connectivity index (χ0v) is 14.8. The highest BCUT2D eigenvalue weighted by Crippen LogP contribution is 2.47. The van der Waals surface area contributed by atoms with Crippen LogP contribution in [0.5, 0.6) is 5.75 Å². The number of non-ortho nitro benzene ring substituents is 1. The minimum atomic E-state index is -0.391. The predicted octanol–water partition coefficient (Wildman–Crippen LogP) is 4.83. The van der Waals surface area contributed by atoms with Gasteiger partial charge in [0, 0.05) is 35.4 Å². The van der Waals surface area contributed by atoms with Gasteiger partial charge in [-0.1, -0.05) is 32.0 Å². The number of hydrogen-bond donors (Lipinski definition) is 0. The third-order valence-electron chi connectivity index (χ3n) is 4.80. The Morgan fingerprint density at radius 1 is 1.23 bits per heavy atom. The van der Waals surface area contributed by atoms with E-state index in [1.165, 1.54) is 17.8 Å². The molecule has 0 unspecified atom stereocenters. The maximum Gasteiger partial charge on any atom is 0.269 e. The summed E-state index contributed by atoms with van der Waals surface area (Å²) in [7, 11) is 0. The third-order valence-corrected chi connectivity index (χ3v) is 4.80. The second kappa shape index (κ2) is 6.44. The van der Waals surface area contributed by atoms with Crippen LogP contribution in [0.15, 0.2) is 53.6 Å². The molecule has 0 saturated heterocycles. The molecule has 2 atom stereocenters. The Morgan fingerprint density at radius 2 is 1.96 bits per heavy atom. The fourth-order valence-electron chi connectivity index (χ4n) is 3.67. The van der Waals surface area contributed by atoms with E-state index in [2.05, 4.69) is 19.9 Å². The molecule has 6 nitrogen and oxygen atoms in total. The molecule has 0 N–H and O–H groups in total. The summed E-state index contributed by atoms with van der Waals surface area (Å²) in [6.45, 7) is 4.39. The van der Waals surface area contributed by atoms with E-state index in [-0.39, 0.29) is 18.0 Å². The molecule has 0 radical (unpaired) electrons. The Balaban J connectivity index is 1.71. The smallest absolute Gasteiger partial charge is 0.269 e. The van der Waals surface area contributed by atoms with E-state index >= 15 is 0 Å². The Kier molecular flexibility index (Phi) is 4.11. The van der Waals surface area contributed by atoms with Gasteiger partial charge in [0.1, 0.15) is 5.75 Å². The van der Waals surface area contributed by atoms with Crippen molar-refractivity contribution in [1.82, 2.24) is 5.01 Å². The molecule has 2 aromatic carbocycles. The number of ether oxygens (including phenoxy) is 1. The van der Waals surface area contributed by atoms with E-state index in [4.69, 9.17) is 9.84 Å². The van der Waals surface area contributed by atoms with Gasteiger partial charge in [0.25, 0.3) is 5.69 Å². The van der Waals surface area contributed by atoms with E-state index in [0.717, 1.165) is 29.7 Å². The molecule has 0 fully saturated rings. The Labute approximate surface area is 152 Å². The molecule has 0 saturated carbocycles. The van der Waals surface area contributed by atoms with Crippen LogP contribution in [-0.2, 0) is 0 Å². The van der Waals surface area contributed by atoms with Crippen molar-refractivity contribution in [3.63, 3.8) is 0 Å². The number of benzene rings is 2. The van der Waals surface area contributed by atoms with Crippen LogP contribution in [0.25, 0.3) is 0 Å². The monoisotopic (exact) mass is 351 g/mol. The minimum Gasteiger partial charge on any atom is -0.464 e. The van der Waals surface area contributed by atoms with Crippen molar-refractivity contribution in [3.05, 3.63) is 69.8 Å². The van der Waals surface area contributed by atoms with E-state index in [1.54, 1.807) is 12.1 Å². The van der Waals surface area contributed by atoms with Gasteiger partial charge in [0.2, 0.25) is 6.23 Å². The second-order valence-corrected chi connectivity index (χ2v) is 7.22. The number of nitro groups is 1. The fourth-order valence-corrected chi connectivity index (χ4v) is 3.67. The van der Waals surface area contributed by atoms with Gasteiger partial charge in [-0.3, -0.25) is 10.1 Å². The van der Waals surface area contributed by atoms with Crippen LogP contribution in [0.2, 0.25) is 0 Å². The molecule has 4 rings (SSSR count). The molecule has 6 heteroatoms. The molecule has 0 aliphatic carbocycles. The summed E-state index contributed by atoms with van der Waals surface area (Å²) in [4.78, 5) is 10.5. The highest BCUT2D eigenvalue weighted by Gasteiger charge is 2.40. The fraction of sp³-hybridized carbons (Fsp3) is 0.350. The maximum atomic E-state index is 10.9. The number of hydrogen-bond acceptors (Lipinski definition) is 5. The minimum absolute atomic E-state index is 0.0759. The average Bonchev–Trinajstić information content (AvgIpc) is 3.04. The lowest BCUT2D eigenvalue weighted by Crippen LogP contribution is -2.33. The standard InChI is InChI=1S/C20H21N3O3/c1-13(2)11-15-12-18-17-5-3-4-6-19(17)26-20(22(18)21-15)14-7-9-16(10-8-14)23(24)25/h3-10,13,18,20H,11-12H2,1-2H3/t18-,20-/m1/s1. The lowest BCUT2D eigenvalue weighted by molar-refractivity contribution is -0.384. The zero-order valence-electron chi connectivity index (χ0n) is 14.8. The summed E-state index contributed by atoms with van der Waals surface area (Å²) in [5.41, 5.74) is 3.27. The van der Waals surface area contributed by atoms with Gasteiger partial charge in [0.15, 0.2) is 0 Å². The topological polar surface area (TPSA) is 68.0 Å². The molecule has 2 aliphatic heterocycles.